The quantitative estimate of drug-likeness (QED) is 0.365. The summed E-state index contributed by atoms with van der Waals surface area (Å²) in [6, 6.07) is 5.68. The molecule has 1 aromatic carbocycles. The molecular weight excluding hydrogens is 437 g/mol. The topological polar surface area (TPSA) is 20.3 Å². The summed E-state index contributed by atoms with van der Waals surface area (Å²) in [7, 11) is 1.80. The van der Waals surface area contributed by atoms with Crippen LogP contribution in [0, 0.1) is 13.0 Å². The van der Waals surface area contributed by atoms with Gasteiger partial charge in [0.15, 0.2) is 0 Å². The number of hydrogen-bond donors (Lipinski definition) is 0. The van der Waals surface area contributed by atoms with Crippen molar-refractivity contribution in [1.29, 1.82) is 0 Å². The minimum Gasteiger partial charge on any atom is -0.350 e. The maximum atomic E-state index is 11.9. The third-order valence-corrected chi connectivity index (χ3v) is 4.03. The van der Waals surface area contributed by atoms with E-state index in [-0.39, 0.29) is 42.5 Å². The first-order chi connectivity index (χ1) is 8.00. The van der Waals surface area contributed by atoms with Gasteiger partial charge in [-0.3, -0.25) is 4.79 Å². The van der Waals surface area contributed by atoms with Crippen molar-refractivity contribution >= 4 is 45.8 Å². The predicted octanol–water partition coefficient (Wildman–Crippen LogP) is 3.46. The zero-order valence-corrected chi connectivity index (χ0v) is 16.0. The van der Waals surface area contributed by atoms with Gasteiger partial charge in [-0.15, -0.1) is 22.9 Å². The van der Waals surface area contributed by atoms with Crippen molar-refractivity contribution in [2.45, 2.75) is 17.3 Å². The Morgan fingerprint density at radius 2 is 2.17 bits per heavy atom. The SMILES string of the molecule is Cc1cc(Cl)ccc1C1=[C-]CC(I)C(=O)N1C.[Y]. The number of hydrogen-bond acceptors (Lipinski definition) is 1. The number of allylic oxidation sites excluding steroid dienone is 1. The summed E-state index contributed by atoms with van der Waals surface area (Å²) in [6.45, 7) is 1.99. The average Bonchev–Trinajstić information content (AvgIpc) is 2.28. The number of amides is 1. The largest absolute Gasteiger partial charge is 0.350 e. The Kier molecular flexibility index (Phi) is 6.29. The van der Waals surface area contributed by atoms with E-state index >= 15 is 0 Å². The first-order valence-electron chi connectivity index (χ1n) is 5.29. The number of carbonyl (C=O) groups excluding carboxylic acids is 1. The summed E-state index contributed by atoms with van der Waals surface area (Å²) in [5.74, 6) is 0.133. The van der Waals surface area contributed by atoms with Crippen LogP contribution in [0.4, 0.5) is 0 Å². The van der Waals surface area contributed by atoms with E-state index < -0.39 is 0 Å². The second-order valence-corrected chi connectivity index (χ2v) is 5.99. The van der Waals surface area contributed by atoms with Crippen LogP contribution in [0.1, 0.15) is 17.5 Å². The smallest absolute Gasteiger partial charge is 0.235 e. The van der Waals surface area contributed by atoms with Gasteiger partial charge in [0.05, 0.1) is 3.92 Å². The monoisotopic (exact) mass is 449 g/mol. The van der Waals surface area contributed by atoms with Gasteiger partial charge in [0.25, 0.3) is 0 Å². The van der Waals surface area contributed by atoms with Crippen LogP contribution in [0.5, 0.6) is 0 Å². The summed E-state index contributed by atoms with van der Waals surface area (Å²) < 4.78 is -0.00560. The molecule has 0 spiro atoms. The molecule has 0 bridgehead atoms. The van der Waals surface area contributed by atoms with Gasteiger partial charge < -0.3 is 4.90 Å². The minimum atomic E-state index is -0.00560. The second kappa shape index (κ2) is 6.82. The van der Waals surface area contributed by atoms with Gasteiger partial charge in [0.2, 0.25) is 5.91 Å². The summed E-state index contributed by atoms with van der Waals surface area (Å²) in [5.41, 5.74) is 2.94. The van der Waals surface area contributed by atoms with Crippen LogP contribution in [-0.2, 0) is 37.5 Å². The molecule has 18 heavy (non-hydrogen) atoms. The van der Waals surface area contributed by atoms with Crippen LogP contribution < -0.4 is 0 Å². The zero-order valence-electron chi connectivity index (χ0n) is 10.2. The van der Waals surface area contributed by atoms with E-state index in [4.69, 9.17) is 11.6 Å². The van der Waals surface area contributed by atoms with Crippen LogP contribution in [0.2, 0.25) is 5.02 Å². The van der Waals surface area contributed by atoms with Crippen LogP contribution >= 0.6 is 34.2 Å². The number of nitrogens with zero attached hydrogens (tertiary/aromatic N) is 1. The molecule has 5 heteroatoms. The van der Waals surface area contributed by atoms with E-state index in [1.165, 1.54) is 0 Å². The molecule has 1 radical (unpaired) electrons. The molecule has 0 aliphatic carbocycles. The number of alkyl halides is 1. The summed E-state index contributed by atoms with van der Waals surface area (Å²) in [6.07, 6.45) is 3.96. The molecule has 0 aromatic heterocycles. The number of benzene rings is 1. The number of halogens is 2. The second-order valence-electron chi connectivity index (χ2n) is 4.05. The molecule has 93 valence electrons. The molecule has 1 aliphatic heterocycles. The molecule has 2 rings (SSSR count). The first kappa shape index (κ1) is 16.6. The van der Waals surface area contributed by atoms with E-state index in [2.05, 4.69) is 28.7 Å². The van der Waals surface area contributed by atoms with Gasteiger partial charge in [-0.05, 0) is 0 Å². The molecule has 1 aliphatic rings. The standard InChI is InChI=1S/C13H12ClINO.Y/c1-8-7-9(14)3-4-10(8)12-6-5-11(15)13(17)16(12)2;/h3-4,7,11H,5H2,1-2H3;/q-1;. The van der Waals surface area contributed by atoms with Crippen molar-refractivity contribution in [2.24, 2.45) is 0 Å². The molecule has 1 unspecified atom stereocenters. The van der Waals surface area contributed by atoms with Gasteiger partial charge >= 0.3 is 0 Å². The Balaban J connectivity index is 0.00000162. The maximum absolute atomic E-state index is 11.9. The Bertz CT molecular complexity index is 504. The van der Waals surface area contributed by atoms with Gasteiger partial charge in [-0.25, -0.2) is 6.08 Å². The van der Waals surface area contributed by atoms with Gasteiger partial charge in [-0.1, -0.05) is 59.7 Å². The van der Waals surface area contributed by atoms with Crippen LogP contribution in [0.25, 0.3) is 5.70 Å². The molecule has 1 heterocycles. The maximum Gasteiger partial charge on any atom is 0.235 e. The fourth-order valence-corrected chi connectivity index (χ4v) is 2.75. The van der Waals surface area contributed by atoms with Gasteiger partial charge in [0, 0.05) is 44.8 Å². The normalized spacial score (nSPS) is 19.3. The first-order valence-corrected chi connectivity index (χ1v) is 6.92. The van der Waals surface area contributed by atoms with Crippen LogP contribution in [0.15, 0.2) is 18.2 Å². The molecule has 1 atom stereocenters. The van der Waals surface area contributed by atoms with Crippen molar-refractivity contribution in [3.8, 4) is 0 Å². The summed E-state index contributed by atoms with van der Waals surface area (Å²) in [5, 5.41) is 0.711. The zero-order chi connectivity index (χ0) is 12.6. The third-order valence-electron chi connectivity index (χ3n) is 2.83. The third kappa shape index (κ3) is 3.35. The molecule has 0 N–H and O–H groups in total. The van der Waals surface area contributed by atoms with Crippen molar-refractivity contribution in [3.05, 3.63) is 40.4 Å². The van der Waals surface area contributed by atoms with E-state index in [1.54, 1.807) is 11.9 Å². The summed E-state index contributed by atoms with van der Waals surface area (Å²) >= 11 is 8.09. The number of aryl methyl sites for hydroxylation is 1. The van der Waals surface area contributed by atoms with Crippen molar-refractivity contribution < 1.29 is 37.5 Å². The molecular formula is C13H12ClINOY-. The van der Waals surface area contributed by atoms with E-state index in [0.29, 0.717) is 11.4 Å². The number of rotatable bonds is 1. The van der Waals surface area contributed by atoms with Crippen LogP contribution in [-0.4, -0.2) is 21.8 Å². The molecule has 0 fully saturated rings. The number of carbonyl (C=O) groups is 1. The molecule has 2 nitrogen and oxygen atoms in total. The predicted molar refractivity (Wildman–Crippen MR) is 78.0 cm³/mol. The minimum absolute atomic E-state index is 0. The Morgan fingerprint density at radius 1 is 1.50 bits per heavy atom. The fraction of sp³-hybridized carbons (Fsp3) is 0.308. The van der Waals surface area contributed by atoms with Gasteiger partial charge in [0.1, 0.15) is 0 Å². The molecule has 1 amide bonds. The van der Waals surface area contributed by atoms with Crippen molar-refractivity contribution in [2.75, 3.05) is 7.05 Å². The van der Waals surface area contributed by atoms with E-state index in [9.17, 15) is 4.79 Å². The van der Waals surface area contributed by atoms with Gasteiger partial charge in [-0.2, -0.15) is 0 Å². The average molecular weight is 450 g/mol. The fourth-order valence-electron chi connectivity index (χ4n) is 1.88. The Morgan fingerprint density at radius 3 is 2.78 bits per heavy atom. The molecule has 0 saturated carbocycles. The van der Waals surface area contributed by atoms with E-state index in [1.807, 2.05) is 25.1 Å². The molecule has 1 aromatic rings. The van der Waals surface area contributed by atoms with Crippen LogP contribution in [0.3, 0.4) is 0 Å². The Hall–Kier alpha value is 0.554. The van der Waals surface area contributed by atoms with E-state index in [0.717, 1.165) is 16.8 Å². The van der Waals surface area contributed by atoms with Crippen molar-refractivity contribution in [1.82, 2.24) is 4.90 Å². The Labute approximate surface area is 151 Å². The van der Waals surface area contributed by atoms with Crippen molar-refractivity contribution in [3.63, 3.8) is 0 Å². The molecule has 0 saturated heterocycles. The summed E-state index contributed by atoms with van der Waals surface area (Å²) in [4.78, 5) is 13.6.